The van der Waals surface area contributed by atoms with E-state index in [0.717, 1.165) is 5.75 Å². The van der Waals surface area contributed by atoms with Crippen molar-refractivity contribution in [2.75, 3.05) is 0 Å². The molecule has 0 saturated heterocycles. The molecule has 0 amide bonds. The lowest BCUT2D eigenvalue weighted by Crippen LogP contribution is -2.05. The summed E-state index contributed by atoms with van der Waals surface area (Å²) in [6.45, 7) is 6.06. The molecule has 15 heavy (non-hydrogen) atoms. The Balaban J connectivity index is 2.64. The third kappa shape index (κ3) is 4.50. The minimum Gasteiger partial charge on any atom is -0.491 e. The Labute approximate surface area is 92.1 Å². The summed E-state index contributed by atoms with van der Waals surface area (Å²) >= 11 is 0. The van der Waals surface area contributed by atoms with Gasteiger partial charge in [-0.2, -0.15) is 0 Å². The molecule has 1 nitrogen and oxygen atoms in total. The van der Waals surface area contributed by atoms with Gasteiger partial charge >= 0.3 is 0 Å². The summed E-state index contributed by atoms with van der Waals surface area (Å²) in [6, 6.07) is 8.10. The van der Waals surface area contributed by atoms with Crippen molar-refractivity contribution in [1.82, 2.24) is 0 Å². The van der Waals surface area contributed by atoms with Crippen molar-refractivity contribution in [3.63, 3.8) is 0 Å². The molecule has 0 spiro atoms. The zero-order valence-corrected chi connectivity index (χ0v) is 9.60. The lowest BCUT2D eigenvalue weighted by atomic mass is 10.2. The largest absolute Gasteiger partial charge is 0.491 e. The van der Waals surface area contributed by atoms with Gasteiger partial charge in [0.05, 0.1) is 6.10 Å². The summed E-state index contributed by atoms with van der Waals surface area (Å²) in [7, 11) is 0. The molecule has 0 aliphatic rings. The smallest absolute Gasteiger partial charge is 0.119 e. The van der Waals surface area contributed by atoms with Crippen LogP contribution in [0.15, 0.2) is 42.5 Å². The van der Waals surface area contributed by atoms with Crippen LogP contribution in [0.5, 0.6) is 5.75 Å². The van der Waals surface area contributed by atoms with Crippen LogP contribution in [0.25, 0.3) is 6.08 Å². The average Bonchev–Trinajstić information content (AvgIpc) is 2.20. The molecule has 1 aromatic rings. The fraction of sp³-hybridized carbons (Fsp3) is 0.286. The molecule has 0 heterocycles. The maximum absolute atomic E-state index is 5.56. The van der Waals surface area contributed by atoms with Crippen LogP contribution in [0.2, 0.25) is 0 Å². The molecule has 80 valence electrons. The van der Waals surface area contributed by atoms with E-state index in [0.29, 0.717) is 0 Å². The number of hydrogen-bond acceptors (Lipinski definition) is 1. The first kappa shape index (κ1) is 11.6. The first-order chi connectivity index (χ1) is 7.22. The number of allylic oxidation sites excluding steroid dienone is 3. The molecule has 1 heteroatoms. The number of ether oxygens (including phenoxy) is 1. The highest BCUT2D eigenvalue weighted by Gasteiger charge is 1.95. The van der Waals surface area contributed by atoms with Crippen molar-refractivity contribution in [2.24, 2.45) is 0 Å². The van der Waals surface area contributed by atoms with Gasteiger partial charge in [-0.15, -0.1) is 0 Å². The van der Waals surface area contributed by atoms with E-state index in [1.54, 1.807) is 0 Å². The zero-order chi connectivity index (χ0) is 11.1. The Morgan fingerprint density at radius 3 is 2.27 bits per heavy atom. The second-order valence-corrected chi connectivity index (χ2v) is 3.62. The van der Waals surface area contributed by atoms with Gasteiger partial charge in [0.15, 0.2) is 0 Å². The highest BCUT2D eigenvalue weighted by molar-refractivity contribution is 5.52. The summed E-state index contributed by atoms with van der Waals surface area (Å²) < 4.78 is 5.56. The van der Waals surface area contributed by atoms with Crippen LogP contribution in [0.3, 0.4) is 0 Å². The lowest BCUT2D eigenvalue weighted by molar-refractivity contribution is 0.242. The van der Waals surface area contributed by atoms with Crippen LogP contribution in [0, 0.1) is 0 Å². The van der Waals surface area contributed by atoms with Crippen molar-refractivity contribution in [2.45, 2.75) is 26.9 Å². The SMILES string of the molecule is C/C=C/C=C/c1ccc(OC(C)C)cc1. The maximum atomic E-state index is 5.56. The number of hydrogen-bond donors (Lipinski definition) is 0. The second-order valence-electron chi connectivity index (χ2n) is 3.62. The summed E-state index contributed by atoms with van der Waals surface area (Å²) in [5.74, 6) is 0.924. The molecule has 1 rings (SSSR count). The van der Waals surface area contributed by atoms with Gasteiger partial charge in [0.1, 0.15) is 5.75 Å². The summed E-state index contributed by atoms with van der Waals surface area (Å²) in [6.07, 6.45) is 8.34. The Morgan fingerprint density at radius 2 is 1.73 bits per heavy atom. The van der Waals surface area contributed by atoms with E-state index in [1.807, 2.05) is 51.1 Å². The summed E-state index contributed by atoms with van der Waals surface area (Å²) in [4.78, 5) is 0. The molecule has 0 radical (unpaired) electrons. The second kappa shape index (κ2) is 6.07. The van der Waals surface area contributed by atoms with E-state index in [-0.39, 0.29) is 6.10 Å². The fourth-order valence-electron chi connectivity index (χ4n) is 1.21. The summed E-state index contributed by atoms with van der Waals surface area (Å²) in [5.41, 5.74) is 1.18. The first-order valence-corrected chi connectivity index (χ1v) is 5.28. The quantitative estimate of drug-likeness (QED) is 0.669. The standard InChI is InChI=1S/C14H18O/c1-4-5-6-7-13-8-10-14(11-9-13)15-12(2)3/h4-12H,1-3H3/b5-4+,7-6+. The highest BCUT2D eigenvalue weighted by atomic mass is 16.5. The van der Waals surface area contributed by atoms with Gasteiger partial charge in [0.2, 0.25) is 0 Å². The predicted molar refractivity (Wildman–Crippen MR) is 66.1 cm³/mol. The molecule has 0 fully saturated rings. The average molecular weight is 202 g/mol. The van der Waals surface area contributed by atoms with Crippen molar-refractivity contribution < 1.29 is 4.74 Å². The lowest BCUT2D eigenvalue weighted by Gasteiger charge is -2.09. The van der Waals surface area contributed by atoms with Crippen LogP contribution in [0.4, 0.5) is 0 Å². The maximum Gasteiger partial charge on any atom is 0.119 e. The van der Waals surface area contributed by atoms with Crippen LogP contribution in [0.1, 0.15) is 26.3 Å². The van der Waals surface area contributed by atoms with Crippen LogP contribution < -0.4 is 4.74 Å². The van der Waals surface area contributed by atoms with Crippen molar-refractivity contribution in [3.8, 4) is 5.75 Å². The highest BCUT2D eigenvalue weighted by Crippen LogP contribution is 2.14. The van der Waals surface area contributed by atoms with E-state index < -0.39 is 0 Å². The molecule has 1 aromatic carbocycles. The molecule has 0 aromatic heterocycles. The molecule has 0 N–H and O–H groups in total. The molecule has 0 aliphatic carbocycles. The fourth-order valence-corrected chi connectivity index (χ4v) is 1.21. The van der Waals surface area contributed by atoms with E-state index >= 15 is 0 Å². The molecule has 0 aliphatic heterocycles. The molecule has 0 atom stereocenters. The first-order valence-electron chi connectivity index (χ1n) is 5.28. The molecular formula is C14H18O. The normalized spacial score (nSPS) is 11.7. The van der Waals surface area contributed by atoms with Crippen LogP contribution in [-0.2, 0) is 0 Å². The monoisotopic (exact) mass is 202 g/mol. The van der Waals surface area contributed by atoms with Gasteiger partial charge in [-0.05, 0) is 38.5 Å². The number of rotatable bonds is 4. The van der Waals surface area contributed by atoms with Crippen LogP contribution >= 0.6 is 0 Å². The number of benzene rings is 1. The minimum absolute atomic E-state index is 0.231. The van der Waals surface area contributed by atoms with Crippen molar-refractivity contribution in [1.29, 1.82) is 0 Å². The molecule has 0 saturated carbocycles. The minimum atomic E-state index is 0.231. The van der Waals surface area contributed by atoms with E-state index in [1.165, 1.54) is 5.56 Å². The van der Waals surface area contributed by atoms with Gasteiger partial charge in [0, 0.05) is 0 Å². The van der Waals surface area contributed by atoms with Gasteiger partial charge in [0.25, 0.3) is 0 Å². The van der Waals surface area contributed by atoms with E-state index in [9.17, 15) is 0 Å². The Hall–Kier alpha value is -1.50. The van der Waals surface area contributed by atoms with E-state index in [4.69, 9.17) is 4.74 Å². The summed E-state index contributed by atoms with van der Waals surface area (Å²) in [5, 5.41) is 0. The Bertz CT molecular complexity index is 331. The van der Waals surface area contributed by atoms with Crippen molar-refractivity contribution in [3.05, 3.63) is 48.1 Å². The molecular weight excluding hydrogens is 184 g/mol. The molecule has 0 bridgehead atoms. The van der Waals surface area contributed by atoms with Gasteiger partial charge in [-0.25, -0.2) is 0 Å². The third-order valence-electron chi connectivity index (χ3n) is 1.84. The van der Waals surface area contributed by atoms with E-state index in [2.05, 4.69) is 18.2 Å². The van der Waals surface area contributed by atoms with Crippen molar-refractivity contribution >= 4 is 6.08 Å². The van der Waals surface area contributed by atoms with Gasteiger partial charge < -0.3 is 4.74 Å². The predicted octanol–water partition coefficient (Wildman–Crippen LogP) is 4.06. The third-order valence-corrected chi connectivity index (χ3v) is 1.84. The zero-order valence-electron chi connectivity index (χ0n) is 9.60. The Kier molecular flexibility index (Phi) is 4.69. The van der Waals surface area contributed by atoms with Gasteiger partial charge in [-0.1, -0.05) is 36.4 Å². The van der Waals surface area contributed by atoms with Gasteiger partial charge in [-0.3, -0.25) is 0 Å². The molecule has 0 unspecified atom stereocenters. The topological polar surface area (TPSA) is 9.23 Å². The Morgan fingerprint density at radius 1 is 1.07 bits per heavy atom. The van der Waals surface area contributed by atoms with Crippen LogP contribution in [-0.4, -0.2) is 6.10 Å².